The van der Waals surface area contributed by atoms with Gasteiger partial charge in [0.05, 0.1) is 5.69 Å². The van der Waals surface area contributed by atoms with Crippen LogP contribution in [0.1, 0.15) is 12.1 Å². The second-order valence-corrected chi connectivity index (χ2v) is 5.09. The van der Waals surface area contributed by atoms with Crippen LogP contribution >= 0.6 is 23.4 Å². The first kappa shape index (κ1) is 12.4. The number of nitrogens with one attached hydrogen (secondary N) is 2. The van der Waals surface area contributed by atoms with Crippen LogP contribution in [0.2, 0.25) is 5.28 Å². The normalized spacial score (nSPS) is 18.3. The van der Waals surface area contributed by atoms with E-state index in [2.05, 4.69) is 20.6 Å². The molecule has 2 rings (SSSR count). The lowest BCUT2D eigenvalue weighted by Gasteiger charge is -2.26. The number of aromatic nitrogens is 2. The summed E-state index contributed by atoms with van der Waals surface area (Å²) in [5.74, 6) is 1.48. The van der Waals surface area contributed by atoms with E-state index in [1.807, 2.05) is 6.26 Å². The van der Waals surface area contributed by atoms with Crippen molar-refractivity contribution in [3.63, 3.8) is 0 Å². The zero-order chi connectivity index (χ0) is 12.4. The van der Waals surface area contributed by atoms with Gasteiger partial charge in [-0.3, -0.25) is 4.79 Å². The SMILES string of the molecule is CSCCC1Nc2nc(Cl)nc(C)c2NC1=O. The van der Waals surface area contributed by atoms with E-state index in [1.54, 1.807) is 18.7 Å². The molecule has 1 atom stereocenters. The summed E-state index contributed by atoms with van der Waals surface area (Å²) < 4.78 is 0. The molecule has 0 radical (unpaired) electrons. The topological polar surface area (TPSA) is 66.9 Å². The summed E-state index contributed by atoms with van der Waals surface area (Å²) in [5.41, 5.74) is 1.30. The minimum Gasteiger partial charge on any atom is -0.356 e. The Bertz CT molecular complexity index is 454. The molecule has 1 aromatic heterocycles. The van der Waals surface area contributed by atoms with E-state index in [4.69, 9.17) is 11.6 Å². The van der Waals surface area contributed by atoms with Gasteiger partial charge in [0.1, 0.15) is 11.7 Å². The van der Waals surface area contributed by atoms with Gasteiger partial charge in [-0.05, 0) is 37.0 Å². The first-order chi connectivity index (χ1) is 8.11. The van der Waals surface area contributed by atoms with E-state index in [-0.39, 0.29) is 17.2 Å². The van der Waals surface area contributed by atoms with Gasteiger partial charge in [0.15, 0.2) is 5.82 Å². The highest BCUT2D eigenvalue weighted by atomic mass is 35.5. The summed E-state index contributed by atoms with van der Waals surface area (Å²) in [4.78, 5) is 19.9. The molecule has 1 aromatic rings. The molecule has 0 saturated carbocycles. The van der Waals surface area contributed by atoms with Gasteiger partial charge in [-0.25, -0.2) is 4.98 Å². The smallest absolute Gasteiger partial charge is 0.247 e. The molecule has 92 valence electrons. The van der Waals surface area contributed by atoms with Gasteiger partial charge in [0.2, 0.25) is 11.2 Å². The number of halogens is 1. The van der Waals surface area contributed by atoms with Crippen LogP contribution in [0.4, 0.5) is 11.5 Å². The third-order valence-corrected chi connectivity index (χ3v) is 3.36. The number of nitrogens with zero attached hydrogens (tertiary/aromatic N) is 2. The lowest BCUT2D eigenvalue weighted by atomic mass is 10.1. The van der Waals surface area contributed by atoms with Gasteiger partial charge < -0.3 is 10.6 Å². The molecule has 2 heterocycles. The minimum atomic E-state index is -0.250. The number of fused-ring (bicyclic) bond motifs is 1. The van der Waals surface area contributed by atoms with E-state index in [1.165, 1.54) is 0 Å². The quantitative estimate of drug-likeness (QED) is 0.823. The fourth-order valence-corrected chi connectivity index (χ4v) is 2.36. The van der Waals surface area contributed by atoms with Crippen molar-refractivity contribution in [3.8, 4) is 0 Å². The standard InChI is InChI=1S/C10H13ClN4OS/c1-5-7-8(15-10(11)12-5)13-6(3-4-17-2)9(16)14-7/h6H,3-4H2,1-2H3,(H,14,16)(H,12,13,15). The van der Waals surface area contributed by atoms with Crippen molar-refractivity contribution in [1.29, 1.82) is 0 Å². The number of carbonyl (C=O) groups excluding carboxylic acids is 1. The van der Waals surface area contributed by atoms with Gasteiger partial charge in [-0.2, -0.15) is 16.7 Å². The molecule has 1 aliphatic rings. The minimum absolute atomic E-state index is 0.0411. The number of hydrogen-bond acceptors (Lipinski definition) is 5. The molecular formula is C10H13ClN4OS. The van der Waals surface area contributed by atoms with Crippen LogP contribution in [0.15, 0.2) is 0 Å². The van der Waals surface area contributed by atoms with Crippen LogP contribution in [-0.2, 0) is 4.79 Å². The fourth-order valence-electron chi connectivity index (χ4n) is 1.67. The molecule has 1 aliphatic heterocycles. The Morgan fingerprint density at radius 1 is 1.47 bits per heavy atom. The Hall–Kier alpha value is -1.01. The average molecular weight is 273 g/mol. The Morgan fingerprint density at radius 3 is 2.94 bits per heavy atom. The van der Waals surface area contributed by atoms with Crippen LogP contribution < -0.4 is 10.6 Å². The predicted molar refractivity (Wildman–Crippen MR) is 70.8 cm³/mol. The van der Waals surface area contributed by atoms with Crippen LogP contribution in [0.5, 0.6) is 0 Å². The predicted octanol–water partition coefficient (Wildman–Crippen LogP) is 1.92. The van der Waals surface area contributed by atoms with Gasteiger partial charge in [0.25, 0.3) is 0 Å². The maximum Gasteiger partial charge on any atom is 0.247 e. The molecule has 1 unspecified atom stereocenters. The van der Waals surface area contributed by atoms with E-state index in [0.29, 0.717) is 17.2 Å². The molecule has 0 bridgehead atoms. The number of amides is 1. The van der Waals surface area contributed by atoms with Crippen LogP contribution in [-0.4, -0.2) is 33.9 Å². The summed E-state index contributed by atoms with van der Waals surface area (Å²) in [7, 11) is 0. The molecular weight excluding hydrogens is 260 g/mol. The van der Waals surface area contributed by atoms with E-state index in [0.717, 1.165) is 12.2 Å². The monoisotopic (exact) mass is 272 g/mol. The zero-order valence-corrected chi connectivity index (χ0v) is 11.2. The molecule has 1 amide bonds. The molecule has 0 aromatic carbocycles. The highest BCUT2D eigenvalue weighted by molar-refractivity contribution is 7.98. The molecule has 0 aliphatic carbocycles. The van der Waals surface area contributed by atoms with Gasteiger partial charge in [-0.15, -0.1) is 0 Å². The van der Waals surface area contributed by atoms with Crippen LogP contribution in [0.25, 0.3) is 0 Å². The molecule has 7 heteroatoms. The largest absolute Gasteiger partial charge is 0.356 e. The molecule has 2 N–H and O–H groups in total. The Labute approximate surface area is 109 Å². The van der Waals surface area contributed by atoms with Crippen molar-refractivity contribution in [3.05, 3.63) is 11.0 Å². The highest BCUT2D eigenvalue weighted by Crippen LogP contribution is 2.29. The van der Waals surface area contributed by atoms with Crippen molar-refractivity contribution in [2.24, 2.45) is 0 Å². The van der Waals surface area contributed by atoms with Crippen LogP contribution in [0, 0.1) is 6.92 Å². The number of thioether (sulfide) groups is 1. The van der Waals surface area contributed by atoms with Crippen LogP contribution in [0.3, 0.4) is 0 Å². The number of carbonyl (C=O) groups is 1. The summed E-state index contributed by atoms with van der Waals surface area (Å²) in [6.45, 7) is 1.79. The summed E-state index contributed by atoms with van der Waals surface area (Å²) in [6, 6.07) is -0.250. The molecule has 0 saturated heterocycles. The van der Waals surface area contributed by atoms with E-state index >= 15 is 0 Å². The second kappa shape index (κ2) is 5.10. The Balaban J connectivity index is 2.24. The van der Waals surface area contributed by atoms with Crippen molar-refractivity contribution < 1.29 is 4.79 Å². The molecule has 17 heavy (non-hydrogen) atoms. The third kappa shape index (κ3) is 2.63. The number of anilines is 2. The van der Waals surface area contributed by atoms with Gasteiger partial charge in [-0.1, -0.05) is 0 Å². The van der Waals surface area contributed by atoms with Crippen molar-refractivity contribution in [2.45, 2.75) is 19.4 Å². The molecule has 5 nitrogen and oxygen atoms in total. The summed E-state index contributed by atoms with van der Waals surface area (Å²) in [5, 5.41) is 6.11. The Morgan fingerprint density at radius 2 is 2.24 bits per heavy atom. The van der Waals surface area contributed by atoms with Crippen molar-refractivity contribution in [1.82, 2.24) is 9.97 Å². The number of hydrogen-bond donors (Lipinski definition) is 2. The zero-order valence-electron chi connectivity index (χ0n) is 9.58. The van der Waals surface area contributed by atoms with Crippen molar-refractivity contribution >= 4 is 40.8 Å². The fraction of sp³-hybridized carbons (Fsp3) is 0.500. The third-order valence-electron chi connectivity index (χ3n) is 2.55. The van der Waals surface area contributed by atoms with Gasteiger partial charge in [0, 0.05) is 0 Å². The highest BCUT2D eigenvalue weighted by Gasteiger charge is 2.27. The van der Waals surface area contributed by atoms with Gasteiger partial charge >= 0.3 is 0 Å². The Kier molecular flexibility index (Phi) is 3.73. The first-order valence-corrected chi connectivity index (χ1v) is 6.99. The van der Waals surface area contributed by atoms with E-state index in [9.17, 15) is 4.79 Å². The van der Waals surface area contributed by atoms with E-state index < -0.39 is 0 Å². The average Bonchev–Trinajstić information content (AvgIpc) is 2.27. The van der Waals surface area contributed by atoms with Crippen molar-refractivity contribution in [2.75, 3.05) is 22.6 Å². The lowest BCUT2D eigenvalue weighted by Crippen LogP contribution is -2.40. The molecule has 0 fully saturated rings. The second-order valence-electron chi connectivity index (χ2n) is 3.77. The number of rotatable bonds is 3. The summed E-state index contributed by atoms with van der Waals surface area (Å²) in [6.07, 6.45) is 2.77. The first-order valence-electron chi connectivity index (χ1n) is 5.22. The number of aryl methyl sites for hydroxylation is 1. The maximum atomic E-state index is 11.8. The summed E-state index contributed by atoms with van der Waals surface area (Å²) >= 11 is 7.50. The molecule has 0 spiro atoms. The lowest BCUT2D eigenvalue weighted by molar-refractivity contribution is -0.117. The maximum absolute atomic E-state index is 11.8.